The van der Waals surface area contributed by atoms with Gasteiger partial charge >= 0.3 is 0 Å². The Hall–Kier alpha value is -1.35. The number of benzene rings is 1. The van der Waals surface area contributed by atoms with Gasteiger partial charge in [-0.15, -0.1) is 0 Å². The first-order chi connectivity index (χ1) is 6.84. The molecule has 2 aliphatic rings. The van der Waals surface area contributed by atoms with Crippen LogP contribution in [0.15, 0.2) is 12.1 Å². The highest BCUT2D eigenvalue weighted by Gasteiger charge is 2.23. The number of nitrogens with one attached hydrogen (secondary N) is 1. The Labute approximate surface area is 82.1 Å². The van der Waals surface area contributed by atoms with Crippen molar-refractivity contribution in [1.82, 2.24) is 5.32 Å². The third-order valence-electron chi connectivity index (χ3n) is 2.82. The fraction of sp³-hybridized carbons (Fsp3) is 0.364. The molecule has 0 aromatic heterocycles. The van der Waals surface area contributed by atoms with Crippen LogP contribution in [0.25, 0.3) is 0 Å². The van der Waals surface area contributed by atoms with Crippen LogP contribution in [0.3, 0.4) is 0 Å². The lowest BCUT2D eigenvalue weighted by Crippen LogP contribution is -2.21. The van der Waals surface area contributed by atoms with Crippen molar-refractivity contribution in [2.24, 2.45) is 0 Å². The summed E-state index contributed by atoms with van der Waals surface area (Å²) in [5.41, 5.74) is 3.59. The zero-order valence-corrected chi connectivity index (χ0v) is 7.80. The average Bonchev–Trinajstić information content (AvgIpc) is 2.65. The van der Waals surface area contributed by atoms with Gasteiger partial charge in [-0.2, -0.15) is 0 Å². The maximum Gasteiger partial charge on any atom is 0.174 e. The third-order valence-corrected chi connectivity index (χ3v) is 2.82. The Kier molecular flexibility index (Phi) is 1.61. The summed E-state index contributed by atoms with van der Waals surface area (Å²) in [6.45, 7) is 2.02. The fourth-order valence-electron chi connectivity index (χ4n) is 2.13. The second-order valence-corrected chi connectivity index (χ2v) is 3.80. The molecule has 0 fully saturated rings. The molecule has 0 saturated carbocycles. The van der Waals surface area contributed by atoms with Crippen molar-refractivity contribution in [3.63, 3.8) is 0 Å². The van der Waals surface area contributed by atoms with E-state index in [0.29, 0.717) is 6.42 Å². The van der Waals surface area contributed by atoms with E-state index in [1.165, 1.54) is 11.1 Å². The van der Waals surface area contributed by atoms with Gasteiger partial charge in [-0.1, -0.05) is 12.1 Å². The number of Topliss-reactive ketones (excluding diaryl/α,β-unsaturated/α-hetero) is 1. The highest BCUT2D eigenvalue weighted by molar-refractivity contribution is 5.85. The zero-order chi connectivity index (χ0) is 9.54. The standard InChI is InChI=1S/C11H11NO2/c13-9-3-7-1-2-8-4-12-5-10(8)11(7)14-6-9/h1-2,12H,3-6H2. The Morgan fingerprint density at radius 2 is 2.07 bits per heavy atom. The highest BCUT2D eigenvalue weighted by atomic mass is 16.5. The molecule has 72 valence electrons. The van der Waals surface area contributed by atoms with Crippen LogP contribution in [0.4, 0.5) is 0 Å². The molecule has 0 bridgehead atoms. The Morgan fingerprint density at radius 3 is 3.00 bits per heavy atom. The molecule has 0 radical (unpaired) electrons. The van der Waals surface area contributed by atoms with E-state index in [9.17, 15) is 4.79 Å². The van der Waals surface area contributed by atoms with E-state index in [2.05, 4.69) is 11.4 Å². The normalized spacial score (nSPS) is 18.7. The van der Waals surface area contributed by atoms with Crippen molar-refractivity contribution in [3.8, 4) is 5.75 Å². The molecule has 3 nitrogen and oxygen atoms in total. The SMILES string of the molecule is O=C1COc2c(ccc3c2CNC3)C1. The van der Waals surface area contributed by atoms with Crippen LogP contribution in [0, 0.1) is 0 Å². The van der Waals surface area contributed by atoms with Gasteiger partial charge in [-0.05, 0) is 5.56 Å². The lowest BCUT2D eigenvalue weighted by Gasteiger charge is -2.19. The van der Waals surface area contributed by atoms with E-state index in [4.69, 9.17) is 4.74 Å². The molecule has 0 unspecified atom stereocenters. The van der Waals surface area contributed by atoms with Crippen molar-refractivity contribution < 1.29 is 9.53 Å². The van der Waals surface area contributed by atoms with Crippen molar-refractivity contribution in [1.29, 1.82) is 0 Å². The second kappa shape index (κ2) is 2.82. The molecule has 14 heavy (non-hydrogen) atoms. The Balaban J connectivity index is 2.14. The fourth-order valence-corrected chi connectivity index (χ4v) is 2.13. The molecule has 0 spiro atoms. The van der Waals surface area contributed by atoms with Crippen LogP contribution < -0.4 is 10.1 Å². The largest absolute Gasteiger partial charge is 0.485 e. The van der Waals surface area contributed by atoms with Gasteiger partial charge < -0.3 is 10.1 Å². The van der Waals surface area contributed by atoms with Crippen LogP contribution in [0.2, 0.25) is 0 Å². The monoisotopic (exact) mass is 189 g/mol. The molecule has 0 aliphatic carbocycles. The topological polar surface area (TPSA) is 38.3 Å². The smallest absolute Gasteiger partial charge is 0.174 e. The molecule has 1 aromatic carbocycles. The van der Waals surface area contributed by atoms with E-state index >= 15 is 0 Å². The van der Waals surface area contributed by atoms with Gasteiger partial charge in [0.2, 0.25) is 0 Å². The van der Waals surface area contributed by atoms with E-state index < -0.39 is 0 Å². The summed E-state index contributed by atoms with van der Waals surface area (Å²) in [6, 6.07) is 4.11. The third kappa shape index (κ3) is 1.06. The molecule has 3 rings (SSSR count). The molecule has 1 N–H and O–H groups in total. The van der Waals surface area contributed by atoms with Gasteiger partial charge in [0.25, 0.3) is 0 Å². The minimum atomic E-state index is 0.170. The van der Waals surface area contributed by atoms with E-state index in [1.54, 1.807) is 0 Å². The van der Waals surface area contributed by atoms with Crippen LogP contribution in [0.5, 0.6) is 5.75 Å². The summed E-state index contributed by atoms with van der Waals surface area (Å²) in [5.74, 6) is 1.12. The van der Waals surface area contributed by atoms with E-state index in [-0.39, 0.29) is 12.4 Å². The molecule has 1 aromatic rings. The predicted molar refractivity (Wildman–Crippen MR) is 51.2 cm³/mol. The maximum absolute atomic E-state index is 11.2. The number of carbonyl (C=O) groups excluding carboxylic acids is 1. The number of rotatable bonds is 0. The maximum atomic E-state index is 11.2. The minimum Gasteiger partial charge on any atom is -0.485 e. The lowest BCUT2D eigenvalue weighted by molar-refractivity contribution is -0.121. The minimum absolute atomic E-state index is 0.170. The number of fused-ring (bicyclic) bond motifs is 3. The number of ether oxygens (including phenoxy) is 1. The van der Waals surface area contributed by atoms with E-state index in [1.807, 2.05) is 6.07 Å². The first-order valence-corrected chi connectivity index (χ1v) is 4.83. The van der Waals surface area contributed by atoms with Gasteiger partial charge in [-0.25, -0.2) is 0 Å². The summed E-state index contributed by atoms with van der Waals surface area (Å²) >= 11 is 0. The van der Waals surface area contributed by atoms with Crippen molar-refractivity contribution >= 4 is 5.78 Å². The van der Waals surface area contributed by atoms with Crippen molar-refractivity contribution in [2.45, 2.75) is 19.5 Å². The van der Waals surface area contributed by atoms with Crippen LogP contribution in [-0.4, -0.2) is 12.4 Å². The van der Waals surface area contributed by atoms with Gasteiger partial charge in [0.1, 0.15) is 12.4 Å². The number of hydrogen-bond acceptors (Lipinski definition) is 3. The Bertz CT molecular complexity index is 412. The molecule has 2 heterocycles. The summed E-state index contributed by atoms with van der Waals surface area (Å²) in [7, 11) is 0. The van der Waals surface area contributed by atoms with Crippen molar-refractivity contribution in [2.75, 3.05) is 6.61 Å². The lowest BCUT2D eigenvalue weighted by atomic mass is 9.99. The molecular weight excluding hydrogens is 178 g/mol. The van der Waals surface area contributed by atoms with Gasteiger partial charge in [0.15, 0.2) is 5.78 Å². The molecule has 0 atom stereocenters. The quantitative estimate of drug-likeness (QED) is 0.656. The first-order valence-electron chi connectivity index (χ1n) is 4.83. The summed E-state index contributed by atoms with van der Waals surface area (Å²) in [6.07, 6.45) is 0.530. The summed E-state index contributed by atoms with van der Waals surface area (Å²) in [4.78, 5) is 11.2. The van der Waals surface area contributed by atoms with Crippen LogP contribution in [0.1, 0.15) is 16.7 Å². The predicted octanol–water partition coefficient (Wildman–Crippen LogP) is 0.794. The average molecular weight is 189 g/mol. The van der Waals surface area contributed by atoms with Crippen LogP contribution >= 0.6 is 0 Å². The molecular formula is C11H11NO2. The number of carbonyl (C=O) groups is 1. The summed E-state index contributed by atoms with van der Waals surface area (Å²) < 4.78 is 5.49. The second-order valence-electron chi connectivity index (χ2n) is 3.80. The molecule has 3 heteroatoms. The number of ketones is 1. The van der Waals surface area contributed by atoms with Gasteiger partial charge in [-0.3, -0.25) is 4.79 Å². The van der Waals surface area contributed by atoms with Gasteiger partial charge in [0, 0.05) is 30.6 Å². The van der Waals surface area contributed by atoms with Gasteiger partial charge in [0.05, 0.1) is 0 Å². The molecule has 0 amide bonds. The van der Waals surface area contributed by atoms with Crippen molar-refractivity contribution in [3.05, 3.63) is 28.8 Å². The molecule has 2 aliphatic heterocycles. The Morgan fingerprint density at radius 1 is 1.21 bits per heavy atom. The van der Waals surface area contributed by atoms with Crippen LogP contribution in [-0.2, 0) is 24.3 Å². The van der Waals surface area contributed by atoms with E-state index in [0.717, 1.165) is 24.4 Å². The summed E-state index contributed by atoms with van der Waals surface area (Å²) in [5, 5.41) is 3.28. The highest BCUT2D eigenvalue weighted by Crippen LogP contribution is 2.32. The first kappa shape index (κ1) is 8.00. The molecule has 0 saturated heterocycles. The number of hydrogen-bond donors (Lipinski definition) is 1. The zero-order valence-electron chi connectivity index (χ0n) is 7.80.